The van der Waals surface area contributed by atoms with Gasteiger partial charge in [0, 0.05) is 66.5 Å². The molecule has 2 N–H and O–H groups in total. The maximum atomic E-state index is 5.87. The number of aryl methyl sites for hydroxylation is 2. The second kappa shape index (κ2) is 8.56. The predicted octanol–water partition coefficient (Wildman–Crippen LogP) is 5.30. The fraction of sp³-hybridized carbons (Fsp3) is 0.381. The quantitative estimate of drug-likeness (QED) is 0.372. The highest BCUT2D eigenvalue weighted by Crippen LogP contribution is 2.38. The third-order valence-corrected chi connectivity index (χ3v) is 5.58. The molecular weight excluding hydrogens is 548 g/mol. The summed E-state index contributed by atoms with van der Waals surface area (Å²) in [6.45, 7) is 6.62. The normalized spacial score (nSPS) is 21.8. The lowest BCUT2D eigenvalue weighted by atomic mass is 9.78. The summed E-state index contributed by atoms with van der Waals surface area (Å²) in [5, 5.41) is 0. The Morgan fingerprint density at radius 3 is 2.42 bits per heavy atom. The van der Waals surface area contributed by atoms with E-state index in [0.29, 0.717) is 12.0 Å². The van der Waals surface area contributed by atoms with Gasteiger partial charge in [-0.1, -0.05) is 18.2 Å². The number of piperidine rings is 1. The number of halogens is 2. The zero-order valence-electron chi connectivity index (χ0n) is 15.5. The van der Waals surface area contributed by atoms with Gasteiger partial charge in [-0.05, 0) is 68.8 Å². The number of nitrogens with zero attached hydrogens (tertiary/aromatic N) is 2. The summed E-state index contributed by atoms with van der Waals surface area (Å²) in [7, 11) is 2.22. The Morgan fingerprint density at radius 1 is 1.08 bits per heavy atom. The zero-order chi connectivity index (χ0) is 18.8. The molecule has 2 unspecified atom stereocenters. The van der Waals surface area contributed by atoms with Gasteiger partial charge in [-0.15, -0.1) is 0 Å². The van der Waals surface area contributed by atoms with Crippen LogP contribution in [0, 0.1) is 13.8 Å². The van der Waals surface area contributed by atoms with Gasteiger partial charge in [-0.2, -0.15) is 0 Å². The summed E-state index contributed by atoms with van der Waals surface area (Å²) >= 11 is 4.24. The van der Waals surface area contributed by atoms with Crippen molar-refractivity contribution in [2.45, 2.75) is 32.2 Å². The van der Waals surface area contributed by atoms with Gasteiger partial charge in [0.15, 0.2) is 0 Å². The molecule has 0 aliphatic carbocycles. The van der Waals surface area contributed by atoms with E-state index in [-0.39, 0.29) is 0 Å². The third-order valence-electron chi connectivity index (χ3n) is 5.58. The number of rotatable bonds is 1. The third kappa shape index (κ3) is 3.94. The molecule has 138 valence electrons. The van der Waals surface area contributed by atoms with E-state index in [9.17, 15) is 0 Å². The number of hydrogen-bond acceptors (Lipinski definition) is 3. The molecule has 0 aromatic heterocycles. The average Bonchev–Trinajstić information content (AvgIpc) is 2.65. The van der Waals surface area contributed by atoms with Gasteiger partial charge in [-0.3, -0.25) is 4.99 Å². The average molecular weight is 573 g/mol. The summed E-state index contributed by atoms with van der Waals surface area (Å²) in [5.74, 6) is 0.510. The number of nitrogens with two attached hydrogens (primary N) is 1. The molecule has 2 atom stereocenters. The molecule has 1 saturated heterocycles. The molecular formula is C21H25I2N3. The van der Waals surface area contributed by atoms with E-state index in [1.54, 1.807) is 0 Å². The Morgan fingerprint density at radius 2 is 1.73 bits per heavy atom. The molecule has 2 aliphatic heterocycles. The zero-order valence-corrected chi connectivity index (χ0v) is 19.8. The largest absolute Gasteiger partial charge is 0.399 e. The van der Waals surface area contributed by atoms with Crippen LogP contribution in [0.3, 0.4) is 0 Å². The lowest BCUT2D eigenvalue weighted by molar-refractivity contribution is 0.227. The van der Waals surface area contributed by atoms with Crippen LogP contribution >= 0.6 is 37.2 Å². The summed E-state index contributed by atoms with van der Waals surface area (Å²) in [6, 6.07) is 13.3. The Labute approximate surface area is 179 Å². The van der Waals surface area contributed by atoms with Gasteiger partial charge >= 0.3 is 0 Å². The van der Waals surface area contributed by atoms with Crippen molar-refractivity contribution in [3.63, 3.8) is 0 Å². The first-order valence-corrected chi connectivity index (χ1v) is 15.2. The van der Waals surface area contributed by atoms with Crippen molar-refractivity contribution in [1.82, 2.24) is 4.90 Å². The van der Waals surface area contributed by atoms with Crippen molar-refractivity contribution >= 4 is 48.6 Å². The van der Waals surface area contributed by atoms with Crippen molar-refractivity contribution in [3.05, 3.63) is 64.2 Å². The SMILES string of the molecule is Cc1cc2c(cc1C)C1CN(C)CCC1N=C2c1ccc(N)cc1.II. The molecule has 3 nitrogen and oxygen atoms in total. The van der Waals surface area contributed by atoms with Gasteiger partial charge in [-0.25, -0.2) is 0 Å². The maximum Gasteiger partial charge on any atom is 0.0725 e. The number of likely N-dealkylation sites (N-methyl/N-ethyl adjacent to an activating group) is 1. The Hall–Kier alpha value is -0.670. The van der Waals surface area contributed by atoms with E-state index in [1.807, 2.05) is 12.1 Å². The van der Waals surface area contributed by atoms with E-state index >= 15 is 0 Å². The van der Waals surface area contributed by atoms with E-state index in [2.05, 4.69) is 87.3 Å². The number of nitrogen functional groups attached to an aromatic ring is 1. The van der Waals surface area contributed by atoms with E-state index in [4.69, 9.17) is 10.7 Å². The fourth-order valence-corrected chi connectivity index (χ4v) is 4.02. The highest BCUT2D eigenvalue weighted by Gasteiger charge is 2.35. The molecule has 0 spiro atoms. The molecule has 2 aliphatic rings. The minimum absolute atomic E-state index is 0.392. The van der Waals surface area contributed by atoms with Gasteiger partial charge < -0.3 is 10.6 Å². The monoisotopic (exact) mass is 573 g/mol. The van der Waals surface area contributed by atoms with Crippen LogP contribution < -0.4 is 5.73 Å². The molecule has 1 fully saturated rings. The fourth-order valence-electron chi connectivity index (χ4n) is 4.02. The predicted molar refractivity (Wildman–Crippen MR) is 129 cm³/mol. The smallest absolute Gasteiger partial charge is 0.0725 e. The second-order valence-electron chi connectivity index (χ2n) is 7.35. The number of anilines is 1. The minimum Gasteiger partial charge on any atom is -0.399 e. The standard InChI is InChI=1S/C21H25N3.I2/c1-13-10-17-18(11-14(13)2)21(15-4-6-16(22)7-5-15)23-20-8-9-24(3)12-19(17)20;1-2/h4-7,10-11,19-20H,8-9,12,22H2,1-3H3;. The highest BCUT2D eigenvalue weighted by atomic mass is 128. The summed E-state index contributed by atoms with van der Waals surface area (Å²) in [4.78, 5) is 7.63. The van der Waals surface area contributed by atoms with Crippen LogP contribution in [0.25, 0.3) is 0 Å². The topological polar surface area (TPSA) is 41.6 Å². The van der Waals surface area contributed by atoms with Gasteiger partial charge in [0.25, 0.3) is 0 Å². The number of benzene rings is 2. The van der Waals surface area contributed by atoms with Gasteiger partial charge in [0.05, 0.1) is 11.8 Å². The molecule has 2 aromatic rings. The number of fused-ring (bicyclic) bond motifs is 3. The molecule has 2 aromatic carbocycles. The van der Waals surface area contributed by atoms with Gasteiger partial charge in [0.2, 0.25) is 0 Å². The first-order valence-electron chi connectivity index (χ1n) is 8.91. The van der Waals surface area contributed by atoms with E-state index in [1.165, 1.54) is 27.8 Å². The van der Waals surface area contributed by atoms with Crippen molar-refractivity contribution in [3.8, 4) is 0 Å². The number of likely N-dealkylation sites (tertiary alicyclic amines) is 1. The lowest BCUT2D eigenvalue weighted by Crippen LogP contribution is -2.42. The molecule has 4 rings (SSSR count). The molecule has 0 amide bonds. The Kier molecular flexibility index (Phi) is 6.61. The minimum atomic E-state index is 0.392. The van der Waals surface area contributed by atoms with E-state index < -0.39 is 0 Å². The van der Waals surface area contributed by atoms with Crippen LogP contribution in [-0.2, 0) is 0 Å². The van der Waals surface area contributed by atoms with Crippen LogP contribution in [0.4, 0.5) is 5.69 Å². The van der Waals surface area contributed by atoms with Crippen LogP contribution in [0.2, 0.25) is 0 Å². The van der Waals surface area contributed by atoms with Crippen molar-refractivity contribution in [1.29, 1.82) is 0 Å². The summed E-state index contributed by atoms with van der Waals surface area (Å²) < 4.78 is 0. The van der Waals surface area contributed by atoms with Crippen LogP contribution in [0.15, 0.2) is 41.4 Å². The molecule has 0 saturated carbocycles. The molecule has 2 heterocycles. The molecule has 26 heavy (non-hydrogen) atoms. The molecule has 0 radical (unpaired) electrons. The second-order valence-corrected chi connectivity index (χ2v) is 7.35. The lowest BCUT2D eigenvalue weighted by Gasteiger charge is -2.39. The first-order chi connectivity index (χ1) is 12.5. The summed E-state index contributed by atoms with van der Waals surface area (Å²) in [6.07, 6.45) is 1.13. The Balaban J connectivity index is 0.000000948. The highest BCUT2D eigenvalue weighted by molar-refractivity contribution is 15.0. The first kappa shape index (κ1) is 20.1. The van der Waals surface area contributed by atoms with Crippen LogP contribution in [-0.4, -0.2) is 36.8 Å². The maximum absolute atomic E-state index is 5.87. The van der Waals surface area contributed by atoms with Crippen molar-refractivity contribution < 1.29 is 0 Å². The Bertz CT molecular complexity index is 815. The van der Waals surface area contributed by atoms with Crippen molar-refractivity contribution in [2.75, 3.05) is 25.9 Å². The van der Waals surface area contributed by atoms with E-state index in [0.717, 1.165) is 30.9 Å². The van der Waals surface area contributed by atoms with Crippen LogP contribution in [0.5, 0.6) is 0 Å². The molecule has 5 heteroatoms. The summed E-state index contributed by atoms with van der Waals surface area (Å²) in [5.41, 5.74) is 14.5. The molecule has 0 bridgehead atoms. The number of aliphatic imine (C=N–C) groups is 1. The van der Waals surface area contributed by atoms with Gasteiger partial charge in [0.1, 0.15) is 0 Å². The number of hydrogen-bond donors (Lipinski definition) is 1. The van der Waals surface area contributed by atoms with Crippen molar-refractivity contribution in [2.24, 2.45) is 4.99 Å². The van der Waals surface area contributed by atoms with Crippen LogP contribution in [0.1, 0.15) is 40.2 Å².